The van der Waals surface area contributed by atoms with Gasteiger partial charge in [-0.3, -0.25) is 4.79 Å². The van der Waals surface area contributed by atoms with Gasteiger partial charge in [0.1, 0.15) is 0 Å². The number of carboxylic acids is 1. The Hall–Kier alpha value is -0.830. The SMILES string of the molecule is C=CC(O)CCCCC.CCC(=O)O. The van der Waals surface area contributed by atoms with Crippen molar-refractivity contribution in [3.63, 3.8) is 0 Å². The summed E-state index contributed by atoms with van der Waals surface area (Å²) in [6.07, 6.45) is 5.95. The summed E-state index contributed by atoms with van der Waals surface area (Å²) in [6.45, 7) is 7.24. The molecule has 14 heavy (non-hydrogen) atoms. The minimum Gasteiger partial charge on any atom is -0.481 e. The normalized spacial score (nSPS) is 11.1. The summed E-state index contributed by atoms with van der Waals surface area (Å²) in [6, 6.07) is 0. The van der Waals surface area contributed by atoms with E-state index in [1.165, 1.54) is 12.8 Å². The van der Waals surface area contributed by atoms with E-state index in [0.29, 0.717) is 0 Å². The van der Waals surface area contributed by atoms with E-state index in [2.05, 4.69) is 13.5 Å². The van der Waals surface area contributed by atoms with Gasteiger partial charge in [0.05, 0.1) is 6.10 Å². The van der Waals surface area contributed by atoms with Crippen LogP contribution in [0.5, 0.6) is 0 Å². The number of rotatable bonds is 6. The molecule has 0 aromatic carbocycles. The summed E-state index contributed by atoms with van der Waals surface area (Å²) in [4.78, 5) is 9.37. The average molecular weight is 202 g/mol. The molecule has 0 rings (SSSR count). The van der Waals surface area contributed by atoms with Crippen LogP contribution in [0.1, 0.15) is 46.0 Å². The van der Waals surface area contributed by atoms with Crippen LogP contribution in [0.4, 0.5) is 0 Å². The van der Waals surface area contributed by atoms with Crippen molar-refractivity contribution in [1.82, 2.24) is 0 Å². The van der Waals surface area contributed by atoms with Gasteiger partial charge < -0.3 is 10.2 Å². The molecule has 0 bridgehead atoms. The van der Waals surface area contributed by atoms with Crippen molar-refractivity contribution in [2.75, 3.05) is 0 Å². The molecule has 3 nitrogen and oxygen atoms in total. The van der Waals surface area contributed by atoms with Crippen LogP contribution in [-0.2, 0) is 4.79 Å². The van der Waals surface area contributed by atoms with Crippen molar-refractivity contribution in [2.24, 2.45) is 0 Å². The maximum Gasteiger partial charge on any atom is 0.303 e. The first-order valence-electron chi connectivity index (χ1n) is 5.10. The molecule has 0 spiro atoms. The van der Waals surface area contributed by atoms with E-state index in [1.54, 1.807) is 13.0 Å². The van der Waals surface area contributed by atoms with Crippen LogP contribution in [0.3, 0.4) is 0 Å². The number of unbranched alkanes of at least 4 members (excludes halogenated alkanes) is 2. The van der Waals surface area contributed by atoms with E-state index in [1.807, 2.05) is 0 Å². The fourth-order valence-corrected chi connectivity index (χ4v) is 0.721. The minimum atomic E-state index is -0.745. The van der Waals surface area contributed by atoms with Crippen molar-refractivity contribution < 1.29 is 15.0 Å². The Morgan fingerprint density at radius 2 is 1.93 bits per heavy atom. The molecule has 0 amide bonds. The van der Waals surface area contributed by atoms with Gasteiger partial charge in [0, 0.05) is 6.42 Å². The van der Waals surface area contributed by atoms with Crippen molar-refractivity contribution in [2.45, 2.75) is 52.1 Å². The fraction of sp³-hybridized carbons (Fsp3) is 0.727. The Morgan fingerprint density at radius 1 is 1.43 bits per heavy atom. The second-order valence-electron chi connectivity index (χ2n) is 3.05. The topological polar surface area (TPSA) is 57.5 Å². The van der Waals surface area contributed by atoms with Crippen LogP contribution in [0.25, 0.3) is 0 Å². The van der Waals surface area contributed by atoms with Gasteiger partial charge in [-0.05, 0) is 6.42 Å². The highest BCUT2D eigenvalue weighted by molar-refractivity contribution is 5.66. The van der Waals surface area contributed by atoms with Gasteiger partial charge in [0.15, 0.2) is 0 Å². The monoisotopic (exact) mass is 202 g/mol. The zero-order chi connectivity index (χ0) is 11.4. The first-order valence-corrected chi connectivity index (χ1v) is 5.10. The van der Waals surface area contributed by atoms with Crippen molar-refractivity contribution in [1.29, 1.82) is 0 Å². The van der Waals surface area contributed by atoms with Gasteiger partial charge >= 0.3 is 5.97 Å². The van der Waals surface area contributed by atoms with E-state index >= 15 is 0 Å². The van der Waals surface area contributed by atoms with Crippen LogP contribution < -0.4 is 0 Å². The first kappa shape index (κ1) is 15.6. The van der Waals surface area contributed by atoms with Crippen molar-refractivity contribution in [3.8, 4) is 0 Å². The lowest BCUT2D eigenvalue weighted by molar-refractivity contribution is -0.136. The van der Waals surface area contributed by atoms with Crippen LogP contribution in [0, 0.1) is 0 Å². The summed E-state index contributed by atoms with van der Waals surface area (Å²) >= 11 is 0. The first-order chi connectivity index (χ1) is 6.58. The zero-order valence-corrected chi connectivity index (χ0v) is 9.20. The van der Waals surface area contributed by atoms with Gasteiger partial charge in [-0.2, -0.15) is 0 Å². The molecule has 0 aliphatic carbocycles. The molecule has 0 aromatic rings. The standard InChI is InChI=1S/C8H16O.C3H6O2/c1-3-5-6-7-8(9)4-2;1-2-3(4)5/h4,8-9H,2-3,5-7H2,1H3;2H2,1H3,(H,4,5). The second kappa shape index (κ2) is 12.2. The minimum absolute atomic E-state index is 0.222. The Bertz CT molecular complexity index is 143. The number of aliphatic hydroxyl groups excluding tert-OH is 1. The lowest BCUT2D eigenvalue weighted by Gasteiger charge is -2.01. The zero-order valence-electron chi connectivity index (χ0n) is 9.20. The molecule has 0 heterocycles. The number of hydrogen-bond donors (Lipinski definition) is 2. The van der Waals surface area contributed by atoms with Crippen molar-refractivity contribution in [3.05, 3.63) is 12.7 Å². The van der Waals surface area contributed by atoms with E-state index in [4.69, 9.17) is 10.2 Å². The van der Waals surface area contributed by atoms with E-state index < -0.39 is 5.97 Å². The highest BCUT2D eigenvalue weighted by Gasteiger charge is 1.94. The summed E-state index contributed by atoms with van der Waals surface area (Å²) in [5.74, 6) is -0.745. The third-order valence-corrected chi connectivity index (χ3v) is 1.68. The highest BCUT2D eigenvalue weighted by atomic mass is 16.4. The van der Waals surface area contributed by atoms with Crippen LogP contribution in [0.2, 0.25) is 0 Å². The van der Waals surface area contributed by atoms with Crippen molar-refractivity contribution >= 4 is 5.97 Å². The Morgan fingerprint density at radius 3 is 2.21 bits per heavy atom. The summed E-state index contributed by atoms with van der Waals surface area (Å²) in [5, 5.41) is 16.7. The van der Waals surface area contributed by atoms with Crippen LogP contribution in [-0.4, -0.2) is 22.3 Å². The lowest BCUT2D eigenvalue weighted by Crippen LogP contribution is -1.99. The molecule has 84 valence electrons. The van der Waals surface area contributed by atoms with E-state index in [0.717, 1.165) is 12.8 Å². The molecule has 3 heteroatoms. The van der Waals surface area contributed by atoms with Gasteiger partial charge in [-0.1, -0.05) is 39.2 Å². The highest BCUT2D eigenvalue weighted by Crippen LogP contribution is 2.02. The number of carbonyl (C=O) groups is 1. The maximum atomic E-state index is 9.37. The third kappa shape index (κ3) is 17.3. The van der Waals surface area contributed by atoms with Gasteiger partial charge in [-0.15, -0.1) is 6.58 Å². The van der Waals surface area contributed by atoms with E-state index in [-0.39, 0.29) is 12.5 Å². The molecule has 1 atom stereocenters. The molecule has 2 N–H and O–H groups in total. The third-order valence-electron chi connectivity index (χ3n) is 1.68. The Balaban J connectivity index is 0. The molecule has 0 saturated heterocycles. The Kier molecular flexibility index (Phi) is 13.6. The van der Waals surface area contributed by atoms with Gasteiger partial charge in [0.25, 0.3) is 0 Å². The average Bonchev–Trinajstić information content (AvgIpc) is 2.19. The second-order valence-corrected chi connectivity index (χ2v) is 3.05. The predicted molar refractivity (Wildman–Crippen MR) is 58.3 cm³/mol. The molecule has 0 aromatic heterocycles. The lowest BCUT2D eigenvalue weighted by atomic mass is 10.1. The number of carboxylic acid groups (broad SMARTS) is 1. The number of hydrogen-bond acceptors (Lipinski definition) is 2. The summed E-state index contributed by atoms with van der Waals surface area (Å²) in [7, 11) is 0. The quantitative estimate of drug-likeness (QED) is 0.514. The molecular weight excluding hydrogens is 180 g/mol. The summed E-state index contributed by atoms with van der Waals surface area (Å²) in [5.41, 5.74) is 0. The molecule has 0 fully saturated rings. The largest absolute Gasteiger partial charge is 0.481 e. The van der Waals surface area contributed by atoms with Gasteiger partial charge in [-0.25, -0.2) is 0 Å². The van der Waals surface area contributed by atoms with Crippen LogP contribution in [0.15, 0.2) is 12.7 Å². The molecule has 0 aliphatic rings. The smallest absolute Gasteiger partial charge is 0.303 e. The van der Waals surface area contributed by atoms with Gasteiger partial charge in [0.2, 0.25) is 0 Å². The fourth-order valence-electron chi connectivity index (χ4n) is 0.721. The Labute approximate surface area is 86.5 Å². The van der Waals surface area contributed by atoms with Crippen LogP contribution >= 0.6 is 0 Å². The maximum absolute atomic E-state index is 9.37. The number of aliphatic carboxylic acids is 1. The molecular formula is C11H22O3. The summed E-state index contributed by atoms with van der Waals surface area (Å²) < 4.78 is 0. The van der Waals surface area contributed by atoms with E-state index in [9.17, 15) is 4.79 Å². The molecule has 0 saturated carbocycles. The predicted octanol–water partition coefficient (Wildman–Crippen LogP) is 2.59. The molecule has 1 unspecified atom stereocenters. The molecule has 0 radical (unpaired) electrons. The molecule has 0 aliphatic heterocycles. The number of aliphatic hydroxyl groups is 1.